The van der Waals surface area contributed by atoms with E-state index in [0.29, 0.717) is 5.69 Å². The third kappa shape index (κ3) is 2.27. The van der Waals surface area contributed by atoms with Gasteiger partial charge in [0.05, 0.1) is 11.3 Å². The highest BCUT2D eigenvalue weighted by molar-refractivity contribution is 5.47. The lowest BCUT2D eigenvalue weighted by Gasteiger charge is -2.23. The maximum Gasteiger partial charge on any atom is 0.335 e. The third-order valence-electron chi connectivity index (χ3n) is 3.26. The lowest BCUT2D eigenvalue weighted by Crippen LogP contribution is -2.31. The summed E-state index contributed by atoms with van der Waals surface area (Å²) in [7, 11) is 0. The number of hydrogen-bond acceptors (Lipinski definition) is 3. The van der Waals surface area contributed by atoms with Crippen molar-refractivity contribution >= 4 is 0 Å². The van der Waals surface area contributed by atoms with Crippen molar-refractivity contribution in [1.29, 1.82) is 0 Å². The number of nitrogens with one attached hydrogen (secondary N) is 1. The summed E-state index contributed by atoms with van der Waals surface area (Å²) in [5.74, 6) is -0.324. The van der Waals surface area contributed by atoms with E-state index in [9.17, 15) is 14.7 Å². The first-order valence-electron chi connectivity index (χ1n) is 6.38. The topological polar surface area (TPSA) is 75.1 Å². The van der Waals surface area contributed by atoms with Gasteiger partial charge in [-0.05, 0) is 24.0 Å². The summed E-state index contributed by atoms with van der Waals surface area (Å²) in [6, 6.07) is 7.32. The molecule has 2 rings (SSSR count). The Morgan fingerprint density at radius 2 is 1.75 bits per heavy atom. The number of aromatic hydroxyl groups is 1. The Balaban J connectivity index is 2.87. The molecule has 0 aliphatic heterocycles. The summed E-state index contributed by atoms with van der Waals surface area (Å²) in [6.45, 7) is 7.54. The number of H-pyrrole nitrogens is 1. The van der Waals surface area contributed by atoms with Crippen molar-refractivity contribution in [2.24, 2.45) is 0 Å². The molecule has 0 saturated carbocycles. The first-order valence-corrected chi connectivity index (χ1v) is 6.38. The predicted octanol–water partition coefficient (Wildman–Crippen LogP) is 1.84. The second-order valence-corrected chi connectivity index (χ2v) is 5.81. The SMILES string of the molecule is Cc1c(O)n(-c2ccccc2C(C)(C)C)c(=O)[nH]c1=O. The molecule has 1 heterocycles. The largest absolute Gasteiger partial charge is 0.494 e. The summed E-state index contributed by atoms with van der Waals surface area (Å²) in [5.41, 5.74) is 0.179. The molecule has 0 fully saturated rings. The number of benzene rings is 1. The maximum atomic E-state index is 12.0. The molecule has 0 aliphatic carbocycles. The molecule has 1 aromatic carbocycles. The molecule has 0 bridgehead atoms. The number of para-hydroxylation sites is 1. The molecule has 2 N–H and O–H groups in total. The standard InChI is InChI=1S/C15H18N2O3/c1-9-12(18)16-14(20)17(13(9)19)11-8-6-5-7-10(11)15(2,3)4/h5-8,19H,1-4H3,(H,16,18,20). The normalized spacial score (nSPS) is 11.6. The van der Waals surface area contributed by atoms with Crippen LogP contribution in [0.15, 0.2) is 33.9 Å². The van der Waals surface area contributed by atoms with Gasteiger partial charge >= 0.3 is 5.69 Å². The second-order valence-electron chi connectivity index (χ2n) is 5.81. The fraction of sp³-hybridized carbons (Fsp3) is 0.333. The highest BCUT2D eigenvalue weighted by Crippen LogP contribution is 2.29. The molecule has 0 unspecified atom stereocenters. The molecular weight excluding hydrogens is 256 g/mol. The Kier molecular flexibility index (Phi) is 3.29. The van der Waals surface area contributed by atoms with Crippen LogP contribution in [0, 0.1) is 6.92 Å². The summed E-state index contributed by atoms with van der Waals surface area (Å²) in [4.78, 5) is 25.8. The zero-order chi connectivity index (χ0) is 15.1. The lowest BCUT2D eigenvalue weighted by atomic mass is 9.85. The fourth-order valence-corrected chi connectivity index (χ4v) is 2.14. The van der Waals surface area contributed by atoms with Crippen LogP contribution in [0.2, 0.25) is 0 Å². The van der Waals surface area contributed by atoms with Crippen molar-refractivity contribution in [2.75, 3.05) is 0 Å². The molecular formula is C15H18N2O3. The first-order chi connectivity index (χ1) is 9.23. The fourth-order valence-electron chi connectivity index (χ4n) is 2.14. The van der Waals surface area contributed by atoms with Crippen LogP contribution in [0.5, 0.6) is 5.88 Å². The molecule has 2 aromatic rings. The van der Waals surface area contributed by atoms with Gasteiger partial charge in [-0.3, -0.25) is 9.78 Å². The Hall–Kier alpha value is -2.30. The number of rotatable bonds is 1. The van der Waals surface area contributed by atoms with Gasteiger partial charge in [0.2, 0.25) is 5.88 Å². The number of hydrogen-bond donors (Lipinski definition) is 2. The van der Waals surface area contributed by atoms with Gasteiger partial charge in [-0.15, -0.1) is 0 Å². The van der Waals surface area contributed by atoms with Crippen molar-refractivity contribution in [3.8, 4) is 11.6 Å². The summed E-state index contributed by atoms with van der Waals surface area (Å²) < 4.78 is 1.14. The minimum atomic E-state index is -0.644. The first kappa shape index (κ1) is 14.1. The van der Waals surface area contributed by atoms with Crippen molar-refractivity contribution < 1.29 is 5.11 Å². The predicted molar refractivity (Wildman–Crippen MR) is 77.8 cm³/mol. The smallest absolute Gasteiger partial charge is 0.335 e. The molecule has 106 valence electrons. The van der Waals surface area contributed by atoms with Gasteiger partial charge in [-0.25, -0.2) is 9.36 Å². The highest BCUT2D eigenvalue weighted by atomic mass is 16.3. The molecule has 1 aromatic heterocycles. The Morgan fingerprint density at radius 3 is 2.35 bits per heavy atom. The van der Waals surface area contributed by atoms with Crippen LogP contribution in [0.3, 0.4) is 0 Å². The van der Waals surface area contributed by atoms with Gasteiger partial charge in [0.25, 0.3) is 5.56 Å². The highest BCUT2D eigenvalue weighted by Gasteiger charge is 2.21. The Labute approximate surface area is 116 Å². The average Bonchev–Trinajstić information content (AvgIpc) is 2.35. The van der Waals surface area contributed by atoms with Crippen molar-refractivity contribution in [1.82, 2.24) is 9.55 Å². The molecule has 20 heavy (non-hydrogen) atoms. The molecule has 5 heteroatoms. The molecule has 0 saturated heterocycles. The van der Waals surface area contributed by atoms with Gasteiger partial charge in [-0.2, -0.15) is 0 Å². The molecule has 0 atom stereocenters. The monoisotopic (exact) mass is 274 g/mol. The van der Waals surface area contributed by atoms with Crippen molar-refractivity contribution in [3.63, 3.8) is 0 Å². The van der Waals surface area contributed by atoms with Crippen LogP contribution in [-0.4, -0.2) is 14.7 Å². The second kappa shape index (κ2) is 4.67. The number of nitrogens with zero attached hydrogens (tertiary/aromatic N) is 1. The third-order valence-corrected chi connectivity index (χ3v) is 3.26. The minimum absolute atomic E-state index is 0.119. The molecule has 0 amide bonds. The van der Waals surface area contributed by atoms with Crippen LogP contribution < -0.4 is 11.2 Å². The summed E-state index contributed by atoms with van der Waals surface area (Å²) >= 11 is 0. The van der Waals surface area contributed by atoms with E-state index < -0.39 is 11.2 Å². The van der Waals surface area contributed by atoms with E-state index in [1.165, 1.54) is 6.92 Å². The van der Waals surface area contributed by atoms with Crippen molar-refractivity contribution in [2.45, 2.75) is 33.1 Å². The molecule has 5 nitrogen and oxygen atoms in total. The molecule has 0 spiro atoms. The van der Waals surface area contributed by atoms with E-state index in [1.807, 2.05) is 32.9 Å². The van der Waals surface area contributed by atoms with Crippen LogP contribution in [0.1, 0.15) is 31.9 Å². The molecule has 0 radical (unpaired) electrons. The van der Waals surface area contributed by atoms with Gasteiger partial charge in [0.1, 0.15) is 0 Å². The van der Waals surface area contributed by atoms with Gasteiger partial charge in [-0.1, -0.05) is 39.0 Å². The van der Waals surface area contributed by atoms with Crippen LogP contribution in [0.4, 0.5) is 0 Å². The quantitative estimate of drug-likeness (QED) is 0.833. The van der Waals surface area contributed by atoms with E-state index in [4.69, 9.17) is 0 Å². The zero-order valence-electron chi connectivity index (χ0n) is 12.0. The lowest BCUT2D eigenvalue weighted by molar-refractivity contribution is 0.424. The van der Waals surface area contributed by atoms with Crippen molar-refractivity contribution in [3.05, 3.63) is 56.2 Å². The van der Waals surface area contributed by atoms with E-state index in [2.05, 4.69) is 4.98 Å². The van der Waals surface area contributed by atoms with Gasteiger partial charge in [0.15, 0.2) is 0 Å². The average molecular weight is 274 g/mol. The minimum Gasteiger partial charge on any atom is -0.494 e. The van der Waals surface area contributed by atoms with E-state index in [1.54, 1.807) is 12.1 Å². The summed E-state index contributed by atoms with van der Waals surface area (Å²) in [5, 5.41) is 10.1. The summed E-state index contributed by atoms with van der Waals surface area (Å²) in [6.07, 6.45) is 0. The number of aromatic nitrogens is 2. The Bertz CT molecular complexity index is 764. The van der Waals surface area contributed by atoms with Gasteiger partial charge < -0.3 is 5.11 Å². The Morgan fingerprint density at radius 1 is 1.15 bits per heavy atom. The zero-order valence-corrected chi connectivity index (χ0v) is 12.0. The maximum absolute atomic E-state index is 12.0. The van der Waals surface area contributed by atoms with E-state index in [0.717, 1.165) is 10.1 Å². The van der Waals surface area contributed by atoms with Crippen LogP contribution in [0.25, 0.3) is 5.69 Å². The van der Waals surface area contributed by atoms with E-state index in [-0.39, 0.29) is 16.9 Å². The van der Waals surface area contributed by atoms with Gasteiger partial charge in [0, 0.05) is 0 Å². The van der Waals surface area contributed by atoms with Crippen LogP contribution in [-0.2, 0) is 5.41 Å². The van der Waals surface area contributed by atoms with E-state index >= 15 is 0 Å². The molecule has 0 aliphatic rings. The number of aromatic amines is 1. The van der Waals surface area contributed by atoms with Crippen LogP contribution >= 0.6 is 0 Å².